The van der Waals surface area contributed by atoms with Gasteiger partial charge in [-0.05, 0) is 39.4 Å². The first-order valence-electron chi connectivity index (χ1n) is 6.80. The molecule has 100 valence electrons. The van der Waals surface area contributed by atoms with Gasteiger partial charge in [0, 0.05) is 12.6 Å². The molecule has 1 aliphatic heterocycles. The van der Waals surface area contributed by atoms with Crippen molar-refractivity contribution in [3.05, 3.63) is 0 Å². The van der Waals surface area contributed by atoms with Crippen LogP contribution < -0.4 is 5.32 Å². The third-order valence-electron chi connectivity index (χ3n) is 3.43. The number of hydrogen-bond donors (Lipinski definition) is 1. The molecule has 0 radical (unpaired) electrons. The number of nitrogens with one attached hydrogen (secondary N) is 1. The summed E-state index contributed by atoms with van der Waals surface area (Å²) in [6.07, 6.45) is 2.37. The number of piperidine rings is 1. The highest BCUT2D eigenvalue weighted by Gasteiger charge is 2.24. The molecule has 0 spiro atoms. The third kappa shape index (κ3) is 4.64. The number of hydrogen-bond acceptors (Lipinski definition) is 4. The number of nitrogens with zero attached hydrogens (tertiary/aromatic N) is 1. The molecular weight excluding hydrogens is 216 g/mol. The van der Waals surface area contributed by atoms with Crippen LogP contribution in [0.2, 0.25) is 0 Å². The molecular formula is C13H26N2O2. The summed E-state index contributed by atoms with van der Waals surface area (Å²) < 4.78 is 5.06. The Kier molecular flexibility index (Phi) is 6.52. The van der Waals surface area contributed by atoms with Crippen LogP contribution >= 0.6 is 0 Å². The van der Waals surface area contributed by atoms with Crippen molar-refractivity contribution in [3.8, 4) is 0 Å². The fraction of sp³-hybridized carbons (Fsp3) is 0.923. The predicted molar refractivity (Wildman–Crippen MR) is 68.9 cm³/mol. The minimum absolute atomic E-state index is 0.0233. The van der Waals surface area contributed by atoms with Crippen molar-refractivity contribution in [2.45, 2.75) is 39.7 Å². The molecule has 0 saturated carbocycles. The van der Waals surface area contributed by atoms with Gasteiger partial charge in [-0.3, -0.25) is 9.69 Å². The average Bonchev–Trinajstić information content (AvgIpc) is 2.37. The Labute approximate surface area is 105 Å². The van der Waals surface area contributed by atoms with Crippen LogP contribution in [-0.2, 0) is 9.53 Å². The highest BCUT2D eigenvalue weighted by Crippen LogP contribution is 2.14. The smallest absolute Gasteiger partial charge is 0.309 e. The molecule has 0 amide bonds. The van der Waals surface area contributed by atoms with Crippen LogP contribution in [0.1, 0.15) is 33.6 Å². The molecule has 1 aliphatic rings. The van der Waals surface area contributed by atoms with E-state index in [0.717, 1.165) is 26.2 Å². The summed E-state index contributed by atoms with van der Waals surface area (Å²) in [5.74, 6) is -0.0929. The van der Waals surface area contributed by atoms with E-state index in [9.17, 15) is 4.79 Å². The molecule has 1 atom stereocenters. The summed E-state index contributed by atoms with van der Waals surface area (Å²) >= 11 is 0. The van der Waals surface area contributed by atoms with E-state index in [0.29, 0.717) is 12.6 Å². The van der Waals surface area contributed by atoms with Gasteiger partial charge in [0.25, 0.3) is 0 Å². The van der Waals surface area contributed by atoms with Crippen LogP contribution in [0.3, 0.4) is 0 Å². The molecule has 0 aliphatic carbocycles. The van der Waals surface area contributed by atoms with E-state index in [-0.39, 0.29) is 11.9 Å². The van der Waals surface area contributed by atoms with Crippen molar-refractivity contribution in [1.29, 1.82) is 0 Å². The van der Waals surface area contributed by atoms with E-state index in [1.165, 1.54) is 12.8 Å². The molecule has 1 fully saturated rings. The van der Waals surface area contributed by atoms with Crippen molar-refractivity contribution < 1.29 is 9.53 Å². The van der Waals surface area contributed by atoms with E-state index in [2.05, 4.69) is 17.1 Å². The topological polar surface area (TPSA) is 41.6 Å². The SMILES string of the molecule is CCOC(=O)C(C)CN(CC)C1CCNCC1. The number of carbonyl (C=O) groups is 1. The number of ether oxygens (including phenoxy) is 1. The predicted octanol–water partition coefficient (Wildman–Crippen LogP) is 1.26. The summed E-state index contributed by atoms with van der Waals surface area (Å²) in [6.45, 7) is 10.5. The first-order valence-corrected chi connectivity index (χ1v) is 6.80. The standard InChI is InChI=1S/C13H26N2O2/c1-4-15(12-6-8-14-9-7-12)10-11(3)13(16)17-5-2/h11-12,14H,4-10H2,1-3H3. The van der Waals surface area contributed by atoms with Crippen molar-refractivity contribution in [2.75, 3.05) is 32.8 Å². The monoisotopic (exact) mass is 242 g/mol. The molecule has 1 rings (SSSR count). The molecule has 0 aromatic heterocycles. The quantitative estimate of drug-likeness (QED) is 0.712. The first-order chi connectivity index (χ1) is 8.19. The maximum Gasteiger partial charge on any atom is 0.309 e. The van der Waals surface area contributed by atoms with E-state index in [1.54, 1.807) is 0 Å². The molecule has 1 heterocycles. The summed E-state index contributed by atoms with van der Waals surface area (Å²) in [4.78, 5) is 14.0. The summed E-state index contributed by atoms with van der Waals surface area (Å²) in [5.41, 5.74) is 0. The van der Waals surface area contributed by atoms with Gasteiger partial charge >= 0.3 is 5.97 Å². The van der Waals surface area contributed by atoms with Gasteiger partial charge in [-0.1, -0.05) is 13.8 Å². The van der Waals surface area contributed by atoms with E-state index >= 15 is 0 Å². The van der Waals surface area contributed by atoms with Crippen molar-refractivity contribution >= 4 is 5.97 Å². The minimum Gasteiger partial charge on any atom is -0.466 e. The molecule has 17 heavy (non-hydrogen) atoms. The zero-order valence-electron chi connectivity index (χ0n) is 11.4. The van der Waals surface area contributed by atoms with E-state index in [1.807, 2.05) is 13.8 Å². The maximum atomic E-state index is 11.6. The third-order valence-corrected chi connectivity index (χ3v) is 3.43. The van der Waals surface area contributed by atoms with Crippen LogP contribution in [0.15, 0.2) is 0 Å². The molecule has 4 heteroatoms. The largest absolute Gasteiger partial charge is 0.466 e. The zero-order valence-corrected chi connectivity index (χ0v) is 11.4. The zero-order chi connectivity index (χ0) is 12.7. The van der Waals surface area contributed by atoms with Gasteiger partial charge in [0.15, 0.2) is 0 Å². The van der Waals surface area contributed by atoms with Gasteiger partial charge in [0.2, 0.25) is 0 Å². The molecule has 4 nitrogen and oxygen atoms in total. The highest BCUT2D eigenvalue weighted by molar-refractivity contribution is 5.72. The van der Waals surface area contributed by atoms with Gasteiger partial charge in [0.1, 0.15) is 0 Å². The fourth-order valence-electron chi connectivity index (χ4n) is 2.42. The van der Waals surface area contributed by atoms with Gasteiger partial charge < -0.3 is 10.1 Å². The van der Waals surface area contributed by atoms with Crippen LogP contribution in [-0.4, -0.2) is 49.7 Å². The second kappa shape index (κ2) is 7.67. The molecule has 0 aromatic rings. The number of esters is 1. The lowest BCUT2D eigenvalue weighted by Gasteiger charge is -2.35. The number of rotatable bonds is 6. The lowest BCUT2D eigenvalue weighted by Crippen LogP contribution is -2.45. The van der Waals surface area contributed by atoms with Crippen molar-refractivity contribution in [1.82, 2.24) is 10.2 Å². The van der Waals surface area contributed by atoms with E-state index < -0.39 is 0 Å². The van der Waals surface area contributed by atoms with Gasteiger partial charge in [0.05, 0.1) is 12.5 Å². The molecule has 0 aromatic carbocycles. The Hall–Kier alpha value is -0.610. The second-order valence-corrected chi connectivity index (χ2v) is 4.72. The molecule has 1 saturated heterocycles. The van der Waals surface area contributed by atoms with Crippen LogP contribution in [0.5, 0.6) is 0 Å². The highest BCUT2D eigenvalue weighted by atomic mass is 16.5. The maximum absolute atomic E-state index is 11.6. The fourth-order valence-corrected chi connectivity index (χ4v) is 2.42. The summed E-state index contributed by atoms with van der Waals surface area (Å²) in [7, 11) is 0. The Morgan fingerprint density at radius 3 is 2.59 bits per heavy atom. The first kappa shape index (κ1) is 14.5. The Bertz CT molecular complexity index is 227. The van der Waals surface area contributed by atoms with Crippen LogP contribution in [0, 0.1) is 5.92 Å². The van der Waals surface area contributed by atoms with Crippen molar-refractivity contribution in [2.24, 2.45) is 5.92 Å². The van der Waals surface area contributed by atoms with Crippen LogP contribution in [0.25, 0.3) is 0 Å². The van der Waals surface area contributed by atoms with Crippen LogP contribution in [0.4, 0.5) is 0 Å². The Balaban J connectivity index is 2.41. The lowest BCUT2D eigenvalue weighted by molar-refractivity contribution is -0.148. The normalized spacial score (nSPS) is 19.3. The second-order valence-electron chi connectivity index (χ2n) is 4.72. The van der Waals surface area contributed by atoms with E-state index in [4.69, 9.17) is 4.74 Å². The summed E-state index contributed by atoms with van der Waals surface area (Å²) in [6, 6.07) is 0.623. The average molecular weight is 242 g/mol. The molecule has 1 unspecified atom stereocenters. The Morgan fingerprint density at radius 2 is 2.06 bits per heavy atom. The summed E-state index contributed by atoms with van der Waals surface area (Å²) in [5, 5.41) is 3.37. The van der Waals surface area contributed by atoms with Crippen molar-refractivity contribution in [3.63, 3.8) is 0 Å². The molecule has 1 N–H and O–H groups in total. The van der Waals surface area contributed by atoms with Gasteiger partial charge in [-0.25, -0.2) is 0 Å². The van der Waals surface area contributed by atoms with Gasteiger partial charge in [-0.2, -0.15) is 0 Å². The minimum atomic E-state index is -0.0696. The number of carbonyl (C=O) groups excluding carboxylic acids is 1. The lowest BCUT2D eigenvalue weighted by atomic mass is 10.0. The molecule has 0 bridgehead atoms. The van der Waals surface area contributed by atoms with Gasteiger partial charge in [-0.15, -0.1) is 0 Å². The Morgan fingerprint density at radius 1 is 1.41 bits per heavy atom.